The quantitative estimate of drug-likeness (QED) is 0.870. The second-order valence-electron chi connectivity index (χ2n) is 4.23. The number of benzene rings is 1. The molecule has 2 aromatic rings. The molecule has 0 radical (unpaired) electrons. The number of hydrogen-bond acceptors (Lipinski definition) is 4. The number of ether oxygens (including phenoxy) is 1. The summed E-state index contributed by atoms with van der Waals surface area (Å²) in [6, 6.07) is 4.78. The standard InChI is InChI=1S/C14H14Cl2N2O3/c1-3-9-12(14(20)21-4-2)17-18(13(9)19)11-6-5-8(15)7-10(11)16/h5-7,19H,3-4H2,1-2H3. The zero-order valence-electron chi connectivity index (χ0n) is 11.6. The average Bonchev–Trinajstić information content (AvgIpc) is 2.76. The van der Waals surface area contributed by atoms with Crippen LogP contribution in [0.25, 0.3) is 5.69 Å². The molecule has 1 aromatic heterocycles. The molecule has 0 saturated heterocycles. The monoisotopic (exact) mass is 328 g/mol. The first-order chi connectivity index (χ1) is 9.99. The molecule has 0 unspecified atom stereocenters. The Hall–Kier alpha value is -1.72. The van der Waals surface area contributed by atoms with Crippen molar-refractivity contribution in [2.75, 3.05) is 6.61 Å². The van der Waals surface area contributed by atoms with Crippen molar-refractivity contribution in [2.24, 2.45) is 0 Å². The van der Waals surface area contributed by atoms with Gasteiger partial charge in [0, 0.05) is 10.6 Å². The van der Waals surface area contributed by atoms with E-state index in [4.69, 9.17) is 27.9 Å². The van der Waals surface area contributed by atoms with E-state index in [0.29, 0.717) is 27.7 Å². The van der Waals surface area contributed by atoms with Gasteiger partial charge in [-0.15, -0.1) is 0 Å². The largest absolute Gasteiger partial charge is 0.493 e. The highest BCUT2D eigenvalue weighted by atomic mass is 35.5. The maximum atomic E-state index is 11.9. The number of aromatic hydroxyl groups is 1. The zero-order valence-corrected chi connectivity index (χ0v) is 13.1. The summed E-state index contributed by atoms with van der Waals surface area (Å²) in [5.74, 6) is -0.710. The SMILES string of the molecule is CCOC(=O)c1nn(-c2ccc(Cl)cc2Cl)c(O)c1CC. The zero-order chi connectivity index (χ0) is 15.6. The molecule has 0 aliphatic heterocycles. The number of halogens is 2. The van der Waals surface area contributed by atoms with E-state index in [1.165, 1.54) is 10.7 Å². The Morgan fingerprint density at radius 1 is 1.38 bits per heavy atom. The highest BCUT2D eigenvalue weighted by Crippen LogP contribution is 2.31. The van der Waals surface area contributed by atoms with Crippen molar-refractivity contribution in [3.8, 4) is 11.6 Å². The van der Waals surface area contributed by atoms with Gasteiger partial charge in [0.05, 0.1) is 17.3 Å². The maximum Gasteiger partial charge on any atom is 0.359 e. The third-order valence-corrected chi connectivity index (χ3v) is 3.45. The number of rotatable bonds is 4. The molecule has 0 amide bonds. The van der Waals surface area contributed by atoms with Crippen LogP contribution in [-0.4, -0.2) is 27.5 Å². The van der Waals surface area contributed by atoms with Crippen LogP contribution in [0.4, 0.5) is 0 Å². The lowest BCUT2D eigenvalue weighted by atomic mass is 10.2. The number of nitrogens with zero attached hydrogens (tertiary/aromatic N) is 2. The van der Waals surface area contributed by atoms with Gasteiger partial charge in [-0.2, -0.15) is 9.78 Å². The minimum Gasteiger partial charge on any atom is -0.493 e. The molecule has 1 N–H and O–H groups in total. The van der Waals surface area contributed by atoms with Crippen LogP contribution in [0, 0.1) is 0 Å². The van der Waals surface area contributed by atoms with Gasteiger partial charge in [0.2, 0.25) is 5.88 Å². The lowest BCUT2D eigenvalue weighted by Gasteiger charge is -2.06. The molecule has 2 rings (SSSR count). The first-order valence-electron chi connectivity index (χ1n) is 6.43. The van der Waals surface area contributed by atoms with Crippen LogP contribution in [0.1, 0.15) is 29.9 Å². The van der Waals surface area contributed by atoms with Gasteiger partial charge in [-0.1, -0.05) is 30.1 Å². The van der Waals surface area contributed by atoms with Crippen molar-refractivity contribution >= 4 is 29.2 Å². The van der Waals surface area contributed by atoms with Gasteiger partial charge in [-0.05, 0) is 31.5 Å². The molecule has 5 nitrogen and oxygen atoms in total. The Bertz CT molecular complexity index is 683. The Labute approximate surface area is 132 Å². The molecule has 1 aromatic carbocycles. The van der Waals surface area contributed by atoms with Crippen LogP contribution < -0.4 is 0 Å². The average molecular weight is 329 g/mol. The van der Waals surface area contributed by atoms with Crippen LogP contribution in [0.2, 0.25) is 10.0 Å². The third kappa shape index (κ3) is 2.99. The van der Waals surface area contributed by atoms with Gasteiger partial charge in [0.25, 0.3) is 0 Å². The van der Waals surface area contributed by atoms with Crippen molar-refractivity contribution in [1.82, 2.24) is 9.78 Å². The molecule has 1 heterocycles. The van der Waals surface area contributed by atoms with Crippen LogP contribution in [0.15, 0.2) is 18.2 Å². The van der Waals surface area contributed by atoms with E-state index in [1.807, 2.05) is 6.92 Å². The molecule has 0 saturated carbocycles. The highest BCUT2D eigenvalue weighted by molar-refractivity contribution is 6.35. The van der Waals surface area contributed by atoms with Gasteiger partial charge < -0.3 is 9.84 Å². The van der Waals surface area contributed by atoms with Crippen LogP contribution in [0.5, 0.6) is 5.88 Å². The Morgan fingerprint density at radius 3 is 2.67 bits per heavy atom. The van der Waals surface area contributed by atoms with Crippen LogP contribution in [0.3, 0.4) is 0 Å². The molecule has 0 bridgehead atoms. The van der Waals surface area contributed by atoms with E-state index < -0.39 is 5.97 Å². The third-order valence-electron chi connectivity index (χ3n) is 2.92. The summed E-state index contributed by atoms with van der Waals surface area (Å²) >= 11 is 12.0. The molecule has 0 fully saturated rings. The fourth-order valence-electron chi connectivity index (χ4n) is 1.95. The number of hydrogen-bond donors (Lipinski definition) is 1. The first-order valence-corrected chi connectivity index (χ1v) is 7.18. The summed E-state index contributed by atoms with van der Waals surface area (Å²) in [6.45, 7) is 3.75. The number of aromatic nitrogens is 2. The first kappa shape index (κ1) is 15.7. The summed E-state index contributed by atoms with van der Waals surface area (Å²) in [5, 5.41) is 15.2. The normalized spacial score (nSPS) is 10.7. The maximum absolute atomic E-state index is 11.9. The molecule has 0 aliphatic rings. The van der Waals surface area contributed by atoms with Crippen molar-refractivity contribution in [3.63, 3.8) is 0 Å². The lowest BCUT2D eigenvalue weighted by Crippen LogP contribution is -2.08. The van der Waals surface area contributed by atoms with Gasteiger partial charge in [0.1, 0.15) is 0 Å². The molecule has 7 heteroatoms. The van der Waals surface area contributed by atoms with E-state index >= 15 is 0 Å². The smallest absolute Gasteiger partial charge is 0.359 e. The second kappa shape index (κ2) is 6.37. The molecule has 0 spiro atoms. The van der Waals surface area contributed by atoms with Gasteiger partial charge in [0.15, 0.2) is 5.69 Å². The molecular weight excluding hydrogens is 315 g/mol. The van der Waals surface area contributed by atoms with E-state index in [9.17, 15) is 9.90 Å². The number of esters is 1. The second-order valence-corrected chi connectivity index (χ2v) is 5.08. The predicted molar refractivity (Wildman–Crippen MR) is 80.6 cm³/mol. The topological polar surface area (TPSA) is 64.3 Å². The molecular formula is C14H14Cl2N2O3. The highest BCUT2D eigenvalue weighted by Gasteiger charge is 2.24. The van der Waals surface area contributed by atoms with Crippen LogP contribution >= 0.6 is 23.2 Å². The number of carbonyl (C=O) groups excluding carboxylic acids is 1. The summed E-state index contributed by atoms with van der Waals surface area (Å²) < 4.78 is 6.16. The number of carbonyl (C=O) groups is 1. The van der Waals surface area contributed by atoms with E-state index in [-0.39, 0.29) is 18.2 Å². The van der Waals surface area contributed by atoms with Crippen LogP contribution in [-0.2, 0) is 11.2 Å². The minimum atomic E-state index is -0.575. The Balaban J connectivity index is 2.57. The molecule has 112 valence electrons. The Morgan fingerprint density at radius 2 is 2.10 bits per heavy atom. The predicted octanol–water partition coefficient (Wildman–Crippen LogP) is 3.62. The fourth-order valence-corrected chi connectivity index (χ4v) is 2.44. The summed E-state index contributed by atoms with van der Waals surface area (Å²) in [5.41, 5.74) is 0.936. The fraction of sp³-hybridized carbons (Fsp3) is 0.286. The lowest BCUT2D eigenvalue weighted by molar-refractivity contribution is 0.0517. The Kier molecular flexibility index (Phi) is 4.75. The van der Waals surface area contributed by atoms with E-state index in [1.54, 1.807) is 19.1 Å². The van der Waals surface area contributed by atoms with E-state index in [0.717, 1.165) is 0 Å². The van der Waals surface area contributed by atoms with Crippen molar-refractivity contribution < 1.29 is 14.6 Å². The van der Waals surface area contributed by atoms with E-state index in [2.05, 4.69) is 5.10 Å². The molecule has 21 heavy (non-hydrogen) atoms. The van der Waals surface area contributed by atoms with Gasteiger partial charge in [-0.25, -0.2) is 4.79 Å². The van der Waals surface area contributed by atoms with Crippen molar-refractivity contribution in [2.45, 2.75) is 20.3 Å². The summed E-state index contributed by atoms with van der Waals surface area (Å²) in [6.07, 6.45) is 0.436. The van der Waals surface area contributed by atoms with Crippen molar-refractivity contribution in [1.29, 1.82) is 0 Å². The molecule has 0 atom stereocenters. The summed E-state index contributed by atoms with van der Waals surface area (Å²) in [7, 11) is 0. The minimum absolute atomic E-state index is 0.0860. The van der Waals surface area contributed by atoms with Gasteiger partial charge >= 0.3 is 5.97 Å². The van der Waals surface area contributed by atoms with Crippen molar-refractivity contribution in [3.05, 3.63) is 39.5 Å². The summed E-state index contributed by atoms with van der Waals surface area (Å²) in [4.78, 5) is 11.9. The van der Waals surface area contributed by atoms with Gasteiger partial charge in [-0.3, -0.25) is 0 Å². The molecule has 0 aliphatic carbocycles.